The smallest absolute Gasteiger partial charge is 0.262 e. The van der Waals surface area contributed by atoms with Crippen LogP contribution in [0.25, 0.3) is 6.08 Å². The lowest BCUT2D eigenvalue weighted by molar-refractivity contribution is -0.117. The summed E-state index contributed by atoms with van der Waals surface area (Å²) in [4.78, 5) is 12.5. The summed E-state index contributed by atoms with van der Waals surface area (Å²) in [5, 5.41) is 12.3. The number of aryl methyl sites for hydroxylation is 1. The van der Waals surface area contributed by atoms with Crippen LogP contribution in [-0.4, -0.2) is 12.5 Å². The number of rotatable bonds is 9. The molecule has 0 saturated heterocycles. The average Bonchev–Trinajstić information content (AvgIpc) is 2.82. The highest BCUT2D eigenvalue weighted by Gasteiger charge is 2.11. The third kappa shape index (κ3) is 6.48. The van der Waals surface area contributed by atoms with E-state index in [1.54, 1.807) is 24.3 Å². The van der Waals surface area contributed by atoms with Crippen molar-refractivity contribution in [2.75, 3.05) is 6.61 Å². The lowest BCUT2D eigenvalue weighted by Crippen LogP contribution is -2.23. The van der Waals surface area contributed by atoms with E-state index in [4.69, 9.17) is 9.47 Å². The third-order valence-electron chi connectivity index (χ3n) is 4.75. The first-order chi connectivity index (χ1) is 15.6. The van der Waals surface area contributed by atoms with E-state index in [9.17, 15) is 10.1 Å². The fourth-order valence-electron chi connectivity index (χ4n) is 3.04. The van der Waals surface area contributed by atoms with E-state index >= 15 is 0 Å². The van der Waals surface area contributed by atoms with Crippen molar-refractivity contribution in [2.24, 2.45) is 0 Å². The zero-order chi connectivity index (χ0) is 22.8. The van der Waals surface area contributed by atoms with Crippen LogP contribution in [0.4, 0.5) is 0 Å². The molecule has 162 valence electrons. The van der Waals surface area contributed by atoms with Crippen LogP contribution in [0.5, 0.6) is 11.5 Å². The summed E-state index contributed by atoms with van der Waals surface area (Å²) < 4.78 is 11.7. The largest absolute Gasteiger partial charge is 0.490 e. The molecule has 0 aliphatic rings. The number of benzene rings is 3. The standard InChI is InChI=1S/C27H26N2O3/c1-3-31-26-16-23(13-14-25(26)32-19-22-11-9-20(2)10-12-22)15-24(17-28)27(30)29-18-21-7-5-4-6-8-21/h4-16H,3,18-19H2,1-2H3,(H,29,30). The van der Waals surface area contributed by atoms with Gasteiger partial charge in [-0.3, -0.25) is 4.79 Å². The molecule has 5 heteroatoms. The molecule has 0 radical (unpaired) electrons. The van der Waals surface area contributed by atoms with E-state index in [0.29, 0.717) is 36.8 Å². The molecule has 0 saturated carbocycles. The Balaban J connectivity index is 1.72. The van der Waals surface area contributed by atoms with Crippen LogP contribution >= 0.6 is 0 Å². The Morgan fingerprint density at radius 1 is 0.969 bits per heavy atom. The van der Waals surface area contributed by atoms with Crippen LogP contribution in [0.3, 0.4) is 0 Å². The Bertz CT molecular complexity index is 1110. The topological polar surface area (TPSA) is 71.3 Å². The van der Waals surface area contributed by atoms with Gasteiger partial charge < -0.3 is 14.8 Å². The molecule has 0 spiro atoms. The van der Waals surface area contributed by atoms with Crippen LogP contribution in [0.2, 0.25) is 0 Å². The fraction of sp³-hybridized carbons (Fsp3) is 0.185. The fourth-order valence-corrected chi connectivity index (χ4v) is 3.04. The normalized spacial score (nSPS) is 10.8. The van der Waals surface area contributed by atoms with Crippen LogP contribution in [0.15, 0.2) is 78.4 Å². The maximum Gasteiger partial charge on any atom is 0.262 e. The maximum absolute atomic E-state index is 12.5. The number of nitrogens with zero attached hydrogens (tertiary/aromatic N) is 1. The monoisotopic (exact) mass is 426 g/mol. The number of amides is 1. The summed E-state index contributed by atoms with van der Waals surface area (Å²) in [5.74, 6) is 0.751. The summed E-state index contributed by atoms with van der Waals surface area (Å²) in [6, 6.07) is 25.0. The van der Waals surface area contributed by atoms with Gasteiger partial charge in [0, 0.05) is 6.54 Å². The molecule has 0 aromatic heterocycles. The second-order valence-electron chi connectivity index (χ2n) is 7.25. The molecule has 0 unspecified atom stereocenters. The number of hydrogen-bond donors (Lipinski definition) is 1. The Labute approximate surface area is 188 Å². The minimum Gasteiger partial charge on any atom is -0.490 e. The second-order valence-corrected chi connectivity index (χ2v) is 7.25. The van der Waals surface area contributed by atoms with Crippen LogP contribution in [0.1, 0.15) is 29.2 Å². The highest BCUT2D eigenvalue weighted by molar-refractivity contribution is 6.01. The molecule has 32 heavy (non-hydrogen) atoms. The van der Waals surface area contributed by atoms with Crippen LogP contribution in [0, 0.1) is 18.3 Å². The van der Waals surface area contributed by atoms with Crippen molar-refractivity contribution in [3.63, 3.8) is 0 Å². The van der Waals surface area contributed by atoms with Gasteiger partial charge in [-0.1, -0.05) is 66.2 Å². The van der Waals surface area contributed by atoms with E-state index in [0.717, 1.165) is 11.1 Å². The summed E-state index contributed by atoms with van der Waals surface area (Å²) >= 11 is 0. The van der Waals surface area contributed by atoms with Gasteiger partial charge in [-0.05, 0) is 48.7 Å². The van der Waals surface area contributed by atoms with E-state index in [1.165, 1.54) is 5.56 Å². The van der Waals surface area contributed by atoms with Crippen molar-refractivity contribution in [2.45, 2.75) is 27.0 Å². The first-order valence-electron chi connectivity index (χ1n) is 10.5. The van der Waals surface area contributed by atoms with Gasteiger partial charge >= 0.3 is 0 Å². The van der Waals surface area contributed by atoms with Gasteiger partial charge in [0.15, 0.2) is 11.5 Å². The quantitative estimate of drug-likeness (QED) is 0.377. The number of carbonyl (C=O) groups is 1. The Morgan fingerprint density at radius 3 is 2.41 bits per heavy atom. The lowest BCUT2D eigenvalue weighted by Gasteiger charge is -2.13. The molecule has 0 fully saturated rings. The van der Waals surface area contributed by atoms with Gasteiger partial charge in [0.25, 0.3) is 5.91 Å². The van der Waals surface area contributed by atoms with E-state index in [2.05, 4.69) is 5.32 Å². The van der Waals surface area contributed by atoms with Crippen molar-refractivity contribution in [1.82, 2.24) is 5.32 Å². The van der Waals surface area contributed by atoms with Gasteiger partial charge in [0.1, 0.15) is 18.2 Å². The molecular weight excluding hydrogens is 400 g/mol. The average molecular weight is 427 g/mol. The lowest BCUT2D eigenvalue weighted by atomic mass is 10.1. The van der Waals surface area contributed by atoms with E-state index in [-0.39, 0.29) is 5.57 Å². The molecule has 3 aromatic rings. The Kier molecular flexibility index (Phi) is 8.05. The number of hydrogen-bond acceptors (Lipinski definition) is 4. The van der Waals surface area contributed by atoms with E-state index < -0.39 is 5.91 Å². The molecule has 0 atom stereocenters. The van der Waals surface area contributed by atoms with E-state index in [1.807, 2.05) is 74.5 Å². The van der Waals surface area contributed by atoms with Crippen molar-refractivity contribution in [1.29, 1.82) is 5.26 Å². The van der Waals surface area contributed by atoms with Crippen LogP contribution in [-0.2, 0) is 17.9 Å². The highest BCUT2D eigenvalue weighted by atomic mass is 16.5. The van der Waals surface area contributed by atoms with Gasteiger partial charge in [-0.15, -0.1) is 0 Å². The minimum atomic E-state index is -0.422. The molecule has 3 aromatic carbocycles. The number of carbonyl (C=O) groups excluding carboxylic acids is 1. The van der Waals surface area contributed by atoms with Gasteiger partial charge in [-0.2, -0.15) is 5.26 Å². The zero-order valence-corrected chi connectivity index (χ0v) is 18.3. The van der Waals surface area contributed by atoms with Crippen molar-refractivity contribution < 1.29 is 14.3 Å². The first-order valence-corrected chi connectivity index (χ1v) is 10.5. The molecule has 1 N–H and O–H groups in total. The maximum atomic E-state index is 12.5. The summed E-state index contributed by atoms with van der Waals surface area (Å²) in [6.07, 6.45) is 1.55. The second kappa shape index (κ2) is 11.4. The van der Waals surface area contributed by atoms with Crippen molar-refractivity contribution in [3.05, 3.63) is 101 Å². The summed E-state index contributed by atoms with van der Waals surface area (Å²) in [5.41, 5.74) is 3.93. The molecule has 1 amide bonds. The molecular formula is C27H26N2O3. The third-order valence-corrected chi connectivity index (χ3v) is 4.75. The zero-order valence-electron chi connectivity index (χ0n) is 18.3. The SMILES string of the molecule is CCOc1cc(C=C(C#N)C(=O)NCc2ccccc2)ccc1OCc1ccc(C)cc1. The Hall–Kier alpha value is -4.04. The number of nitrogens with one attached hydrogen (secondary N) is 1. The van der Waals surface area contributed by atoms with Crippen molar-refractivity contribution >= 4 is 12.0 Å². The minimum absolute atomic E-state index is 0.0247. The summed E-state index contributed by atoms with van der Waals surface area (Å²) in [7, 11) is 0. The van der Waals surface area contributed by atoms with Gasteiger partial charge in [-0.25, -0.2) is 0 Å². The Morgan fingerprint density at radius 2 is 1.72 bits per heavy atom. The molecule has 0 aliphatic heterocycles. The predicted octanol–water partition coefficient (Wildman–Crippen LogP) is 5.20. The molecule has 0 aliphatic carbocycles. The predicted molar refractivity (Wildman–Crippen MR) is 125 cm³/mol. The van der Waals surface area contributed by atoms with Crippen molar-refractivity contribution in [3.8, 4) is 17.6 Å². The molecule has 0 bridgehead atoms. The molecule has 0 heterocycles. The number of nitriles is 1. The number of ether oxygens (including phenoxy) is 2. The highest BCUT2D eigenvalue weighted by Crippen LogP contribution is 2.30. The summed E-state index contributed by atoms with van der Waals surface area (Å²) in [6.45, 7) is 5.18. The molecule has 3 rings (SSSR count). The van der Waals surface area contributed by atoms with Gasteiger partial charge in [0.05, 0.1) is 6.61 Å². The molecule has 5 nitrogen and oxygen atoms in total. The van der Waals surface area contributed by atoms with Gasteiger partial charge in [0.2, 0.25) is 0 Å². The van der Waals surface area contributed by atoms with Crippen LogP contribution < -0.4 is 14.8 Å². The first kappa shape index (κ1) is 22.6.